The van der Waals surface area contributed by atoms with E-state index >= 15 is 0 Å². The summed E-state index contributed by atoms with van der Waals surface area (Å²) in [5, 5.41) is 3.21. The van der Waals surface area contributed by atoms with E-state index in [0.29, 0.717) is 19.0 Å². The highest BCUT2D eigenvalue weighted by Crippen LogP contribution is 2.30. The third kappa shape index (κ3) is 3.90. The first kappa shape index (κ1) is 17.8. The molecule has 2 fully saturated rings. The monoisotopic (exact) mass is 362 g/mol. The Labute approximate surface area is 160 Å². The van der Waals surface area contributed by atoms with Gasteiger partial charge in [-0.2, -0.15) is 0 Å². The summed E-state index contributed by atoms with van der Waals surface area (Å²) in [6, 6.07) is 20.2. The van der Waals surface area contributed by atoms with Crippen LogP contribution in [0.4, 0.5) is 0 Å². The number of rotatable bonds is 5. The van der Waals surface area contributed by atoms with Gasteiger partial charge in [0.25, 0.3) is 0 Å². The van der Waals surface area contributed by atoms with E-state index in [4.69, 9.17) is 0 Å². The molecule has 1 atom stereocenters. The summed E-state index contributed by atoms with van der Waals surface area (Å²) in [6.07, 6.45) is 4.87. The quantitative estimate of drug-likeness (QED) is 0.882. The van der Waals surface area contributed by atoms with Crippen LogP contribution in [0.1, 0.15) is 49.3 Å². The van der Waals surface area contributed by atoms with E-state index < -0.39 is 0 Å². The van der Waals surface area contributed by atoms with Crippen LogP contribution in [0.2, 0.25) is 0 Å². The predicted molar refractivity (Wildman–Crippen MR) is 105 cm³/mol. The first-order valence-corrected chi connectivity index (χ1v) is 9.92. The number of benzene rings is 2. The highest BCUT2D eigenvalue weighted by Gasteiger charge is 2.39. The lowest BCUT2D eigenvalue weighted by molar-refractivity contribution is -0.130. The van der Waals surface area contributed by atoms with Gasteiger partial charge in [-0.1, -0.05) is 73.5 Å². The maximum Gasteiger partial charge on any atom is 0.226 e. The van der Waals surface area contributed by atoms with E-state index in [9.17, 15) is 9.59 Å². The molecule has 2 aromatic carbocycles. The second-order valence-electron chi connectivity index (χ2n) is 7.65. The topological polar surface area (TPSA) is 49.4 Å². The molecule has 2 amide bonds. The largest absolute Gasteiger partial charge is 0.345 e. The van der Waals surface area contributed by atoms with E-state index in [1.54, 1.807) is 0 Å². The standard InChI is InChI=1S/C23H26N2O2/c26-21-15-19(16-25(21)20-13-7-8-14-20)23(27)24-22(17-9-3-1-4-10-17)18-11-5-2-6-12-18/h1-6,9-12,19-20,22H,7-8,13-16H2,(H,24,27)/t19-/m1/s1. The molecule has 1 aliphatic heterocycles. The second-order valence-corrected chi connectivity index (χ2v) is 7.65. The van der Waals surface area contributed by atoms with Crippen LogP contribution in [0.15, 0.2) is 60.7 Å². The Kier molecular flexibility index (Phi) is 5.23. The lowest BCUT2D eigenvalue weighted by Gasteiger charge is -2.25. The molecule has 27 heavy (non-hydrogen) atoms. The van der Waals surface area contributed by atoms with E-state index in [1.165, 1.54) is 12.8 Å². The molecule has 2 aromatic rings. The van der Waals surface area contributed by atoms with Crippen LogP contribution in [-0.2, 0) is 9.59 Å². The molecule has 4 nitrogen and oxygen atoms in total. The van der Waals surface area contributed by atoms with Gasteiger partial charge in [0, 0.05) is 19.0 Å². The number of nitrogens with zero attached hydrogens (tertiary/aromatic N) is 1. The molecule has 1 saturated heterocycles. The van der Waals surface area contributed by atoms with E-state index in [1.807, 2.05) is 65.6 Å². The molecule has 1 aliphatic carbocycles. The molecule has 0 aromatic heterocycles. The fraction of sp³-hybridized carbons (Fsp3) is 0.391. The summed E-state index contributed by atoms with van der Waals surface area (Å²) in [6.45, 7) is 0.561. The van der Waals surface area contributed by atoms with Gasteiger partial charge < -0.3 is 10.2 Å². The van der Waals surface area contributed by atoms with Crippen molar-refractivity contribution in [1.82, 2.24) is 10.2 Å². The zero-order valence-corrected chi connectivity index (χ0v) is 15.5. The fourth-order valence-corrected chi connectivity index (χ4v) is 4.39. The molecule has 1 saturated carbocycles. The summed E-state index contributed by atoms with van der Waals surface area (Å²) in [4.78, 5) is 27.4. The minimum atomic E-state index is -0.256. The van der Waals surface area contributed by atoms with Gasteiger partial charge in [-0.15, -0.1) is 0 Å². The van der Waals surface area contributed by atoms with Crippen molar-refractivity contribution in [3.63, 3.8) is 0 Å². The highest BCUT2D eigenvalue weighted by atomic mass is 16.2. The first-order valence-electron chi connectivity index (χ1n) is 9.92. The molecule has 0 spiro atoms. The number of likely N-dealkylation sites (tertiary alicyclic amines) is 1. The molecule has 0 unspecified atom stereocenters. The SMILES string of the molecule is O=C(NC(c1ccccc1)c1ccccc1)[C@@H]1CC(=O)N(C2CCCC2)C1. The van der Waals surface area contributed by atoms with Gasteiger partial charge in [0.15, 0.2) is 0 Å². The third-order valence-corrected chi connectivity index (χ3v) is 5.85. The minimum Gasteiger partial charge on any atom is -0.345 e. The van der Waals surface area contributed by atoms with Gasteiger partial charge in [-0.25, -0.2) is 0 Å². The van der Waals surface area contributed by atoms with Gasteiger partial charge in [0.1, 0.15) is 0 Å². The van der Waals surface area contributed by atoms with Crippen molar-refractivity contribution < 1.29 is 9.59 Å². The number of carbonyl (C=O) groups excluding carboxylic acids is 2. The normalized spacial score (nSPS) is 20.4. The van der Waals surface area contributed by atoms with Gasteiger partial charge in [0.05, 0.1) is 12.0 Å². The van der Waals surface area contributed by atoms with Crippen LogP contribution in [-0.4, -0.2) is 29.3 Å². The third-order valence-electron chi connectivity index (χ3n) is 5.85. The highest BCUT2D eigenvalue weighted by molar-refractivity contribution is 5.89. The molecule has 0 radical (unpaired) electrons. The first-order chi connectivity index (χ1) is 13.2. The maximum absolute atomic E-state index is 13.0. The summed E-state index contributed by atoms with van der Waals surface area (Å²) in [7, 11) is 0. The number of carbonyl (C=O) groups is 2. The molecular formula is C23H26N2O2. The molecule has 4 rings (SSSR count). The van der Waals surface area contributed by atoms with E-state index in [-0.39, 0.29) is 23.8 Å². The van der Waals surface area contributed by atoms with Crippen molar-refractivity contribution in [2.75, 3.05) is 6.54 Å². The average Bonchev–Trinajstić information content (AvgIpc) is 3.37. The lowest BCUT2D eigenvalue weighted by atomic mass is 9.97. The Hall–Kier alpha value is -2.62. The number of amides is 2. The van der Waals surface area contributed by atoms with Crippen molar-refractivity contribution in [2.45, 2.75) is 44.2 Å². The van der Waals surface area contributed by atoms with Gasteiger partial charge in [-0.3, -0.25) is 9.59 Å². The predicted octanol–water partition coefficient (Wildman–Crippen LogP) is 3.68. The Morgan fingerprint density at radius 3 is 2.04 bits per heavy atom. The Morgan fingerprint density at radius 1 is 0.926 bits per heavy atom. The second kappa shape index (κ2) is 7.95. The Balaban J connectivity index is 1.50. The van der Waals surface area contributed by atoms with E-state index in [0.717, 1.165) is 24.0 Å². The van der Waals surface area contributed by atoms with E-state index in [2.05, 4.69) is 5.32 Å². The molecule has 0 bridgehead atoms. The van der Waals surface area contributed by atoms with Crippen LogP contribution < -0.4 is 5.32 Å². The van der Waals surface area contributed by atoms with Crippen molar-refractivity contribution in [1.29, 1.82) is 0 Å². The van der Waals surface area contributed by atoms with Crippen LogP contribution in [0, 0.1) is 5.92 Å². The zero-order chi connectivity index (χ0) is 18.6. The molecule has 1 N–H and O–H groups in total. The average molecular weight is 362 g/mol. The molecule has 4 heteroatoms. The molecule has 1 heterocycles. The van der Waals surface area contributed by atoms with Crippen LogP contribution in [0.25, 0.3) is 0 Å². The van der Waals surface area contributed by atoms with Crippen LogP contribution >= 0.6 is 0 Å². The van der Waals surface area contributed by atoms with Crippen molar-refractivity contribution in [2.24, 2.45) is 5.92 Å². The molecular weight excluding hydrogens is 336 g/mol. The van der Waals surface area contributed by atoms with Crippen LogP contribution in [0.5, 0.6) is 0 Å². The molecule has 2 aliphatic rings. The number of hydrogen-bond donors (Lipinski definition) is 1. The Bertz CT molecular complexity index is 745. The summed E-state index contributed by atoms with van der Waals surface area (Å²) in [5.74, 6) is -0.146. The van der Waals surface area contributed by atoms with Gasteiger partial charge in [0.2, 0.25) is 11.8 Å². The van der Waals surface area contributed by atoms with Gasteiger partial charge in [-0.05, 0) is 24.0 Å². The lowest BCUT2D eigenvalue weighted by Crippen LogP contribution is -2.38. The Morgan fingerprint density at radius 2 is 1.48 bits per heavy atom. The molecule has 140 valence electrons. The van der Waals surface area contributed by atoms with Crippen molar-refractivity contribution in [3.05, 3.63) is 71.8 Å². The van der Waals surface area contributed by atoms with Crippen LogP contribution in [0.3, 0.4) is 0 Å². The number of nitrogens with one attached hydrogen (secondary N) is 1. The van der Waals surface area contributed by atoms with Crippen molar-refractivity contribution >= 4 is 11.8 Å². The fourth-order valence-electron chi connectivity index (χ4n) is 4.39. The summed E-state index contributed by atoms with van der Waals surface area (Å²) >= 11 is 0. The zero-order valence-electron chi connectivity index (χ0n) is 15.5. The summed E-state index contributed by atoms with van der Waals surface area (Å²) in [5.41, 5.74) is 2.10. The smallest absolute Gasteiger partial charge is 0.226 e. The minimum absolute atomic E-state index is 0.0263. The van der Waals surface area contributed by atoms with Crippen molar-refractivity contribution in [3.8, 4) is 0 Å². The van der Waals surface area contributed by atoms with Gasteiger partial charge >= 0.3 is 0 Å². The summed E-state index contributed by atoms with van der Waals surface area (Å²) < 4.78 is 0. The maximum atomic E-state index is 13.0. The number of hydrogen-bond acceptors (Lipinski definition) is 2.